The van der Waals surface area contributed by atoms with Gasteiger partial charge in [0, 0.05) is 29.4 Å². The van der Waals surface area contributed by atoms with Crippen LogP contribution in [-0.4, -0.2) is 29.1 Å². The van der Waals surface area contributed by atoms with Crippen LogP contribution in [0.4, 0.5) is 5.82 Å². The second-order valence-corrected chi connectivity index (χ2v) is 6.37. The molecule has 1 atom stereocenters. The number of aryl methyl sites for hydroxylation is 2. The molecule has 0 aliphatic carbocycles. The minimum atomic E-state index is 0.453. The molecule has 0 bridgehead atoms. The molecule has 2 heterocycles. The summed E-state index contributed by atoms with van der Waals surface area (Å²) in [5.41, 5.74) is 4.63. The summed E-state index contributed by atoms with van der Waals surface area (Å²) in [6.45, 7) is 8.48. The molecule has 1 aliphatic rings. The monoisotopic (exact) mass is 310 g/mol. The predicted octanol–water partition coefficient (Wildman–Crippen LogP) is 3.49. The second-order valence-electron chi connectivity index (χ2n) is 6.37. The summed E-state index contributed by atoms with van der Waals surface area (Å²) >= 11 is 0. The van der Waals surface area contributed by atoms with Gasteiger partial charge >= 0.3 is 0 Å². The van der Waals surface area contributed by atoms with E-state index >= 15 is 0 Å². The van der Waals surface area contributed by atoms with Crippen LogP contribution in [0.15, 0.2) is 24.3 Å². The highest BCUT2D eigenvalue weighted by Crippen LogP contribution is 2.24. The minimum absolute atomic E-state index is 0.453. The maximum atomic E-state index is 4.85. The van der Waals surface area contributed by atoms with Gasteiger partial charge in [0.25, 0.3) is 0 Å². The van der Waals surface area contributed by atoms with Crippen molar-refractivity contribution in [2.75, 3.05) is 18.4 Å². The van der Waals surface area contributed by atoms with Gasteiger partial charge in [0.1, 0.15) is 5.82 Å². The van der Waals surface area contributed by atoms with Gasteiger partial charge in [-0.25, -0.2) is 9.97 Å². The van der Waals surface area contributed by atoms with Crippen LogP contribution in [0.3, 0.4) is 0 Å². The number of hydrogen-bond acceptors (Lipinski definition) is 4. The fraction of sp³-hybridized carbons (Fsp3) is 0.474. The van der Waals surface area contributed by atoms with Crippen molar-refractivity contribution in [3.05, 3.63) is 41.1 Å². The summed E-state index contributed by atoms with van der Waals surface area (Å²) in [5.74, 6) is 1.82. The van der Waals surface area contributed by atoms with Gasteiger partial charge in [-0.05, 0) is 39.7 Å². The van der Waals surface area contributed by atoms with E-state index in [1.54, 1.807) is 0 Å². The van der Waals surface area contributed by atoms with Crippen molar-refractivity contribution in [1.29, 1.82) is 0 Å². The minimum Gasteiger partial charge on any atom is -0.366 e. The van der Waals surface area contributed by atoms with Gasteiger partial charge in [0.15, 0.2) is 5.82 Å². The van der Waals surface area contributed by atoms with Crippen LogP contribution in [0.25, 0.3) is 11.4 Å². The quantitative estimate of drug-likeness (QED) is 0.907. The molecule has 1 aromatic heterocycles. The molecule has 0 spiro atoms. The molecule has 0 saturated carbocycles. The molecule has 1 unspecified atom stereocenters. The van der Waals surface area contributed by atoms with Crippen LogP contribution >= 0.6 is 0 Å². The van der Waals surface area contributed by atoms with E-state index in [1.165, 1.54) is 24.0 Å². The predicted molar refractivity (Wildman–Crippen MR) is 95.8 cm³/mol. The largest absolute Gasteiger partial charge is 0.366 e. The lowest BCUT2D eigenvalue weighted by Gasteiger charge is -2.26. The number of nitrogens with zero attached hydrogens (tertiary/aromatic N) is 2. The van der Waals surface area contributed by atoms with Crippen LogP contribution < -0.4 is 10.6 Å². The first kappa shape index (κ1) is 15.9. The Hall–Kier alpha value is -1.94. The molecule has 4 heteroatoms. The van der Waals surface area contributed by atoms with Gasteiger partial charge in [0.05, 0.1) is 0 Å². The van der Waals surface area contributed by atoms with Crippen LogP contribution in [-0.2, 0) is 6.42 Å². The number of hydrogen-bond donors (Lipinski definition) is 2. The van der Waals surface area contributed by atoms with Crippen molar-refractivity contribution >= 4 is 5.82 Å². The second kappa shape index (κ2) is 7.09. The average Bonchev–Trinajstić information content (AvgIpc) is 2.56. The average molecular weight is 310 g/mol. The maximum Gasteiger partial charge on any atom is 0.161 e. The van der Waals surface area contributed by atoms with E-state index in [1.807, 2.05) is 0 Å². The molecule has 0 amide bonds. The fourth-order valence-corrected chi connectivity index (χ4v) is 3.14. The molecular formula is C19H26N4. The fourth-order valence-electron chi connectivity index (χ4n) is 3.14. The first-order valence-corrected chi connectivity index (χ1v) is 8.59. The van der Waals surface area contributed by atoms with Crippen molar-refractivity contribution in [2.24, 2.45) is 0 Å². The first-order chi connectivity index (χ1) is 11.2. The van der Waals surface area contributed by atoms with Crippen molar-refractivity contribution in [1.82, 2.24) is 15.3 Å². The summed E-state index contributed by atoms with van der Waals surface area (Å²) in [4.78, 5) is 9.58. The summed E-state index contributed by atoms with van der Waals surface area (Å²) in [7, 11) is 0. The lowest BCUT2D eigenvalue weighted by molar-refractivity contribution is 0.478. The molecule has 2 aromatic rings. The van der Waals surface area contributed by atoms with E-state index in [2.05, 4.69) is 55.7 Å². The van der Waals surface area contributed by atoms with Crippen molar-refractivity contribution in [3.8, 4) is 11.4 Å². The Morgan fingerprint density at radius 1 is 1.17 bits per heavy atom. The number of benzene rings is 1. The summed E-state index contributed by atoms with van der Waals surface area (Å²) in [6, 6.07) is 8.87. The molecule has 122 valence electrons. The van der Waals surface area contributed by atoms with E-state index in [4.69, 9.17) is 9.97 Å². The number of piperidine rings is 1. The molecule has 23 heavy (non-hydrogen) atoms. The molecule has 1 saturated heterocycles. The van der Waals surface area contributed by atoms with E-state index in [-0.39, 0.29) is 0 Å². The Balaban J connectivity index is 1.94. The lowest BCUT2D eigenvalue weighted by Crippen LogP contribution is -2.39. The van der Waals surface area contributed by atoms with Crippen LogP contribution in [0, 0.1) is 13.8 Å². The molecule has 3 rings (SSSR count). The van der Waals surface area contributed by atoms with Gasteiger partial charge in [-0.1, -0.05) is 36.8 Å². The molecule has 1 aromatic carbocycles. The summed E-state index contributed by atoms with van der Waals surface area (Å²) < 4.78 is 0. The van der Waals surface area contributed by atoms with Crippen molar-refractivity contribution in [2.45, 2.75) is 46.1 Å². The van der Waals surface area contributed by atoms with Gasteiger partial charge in [0.2, 0.25) is 0 Å². The highest BCUT2D eigenvalue weighted by Gasteiger charge is 2.17. The highest BCUT2D eigenvalue weighted by atomic mass is 15.1. The Bertz CT molecular complexity index is 658. The smallest absolute Gasteiger partial charge is 0.161 e. The number of anilines is 1. The first-order valence-electron chi connectivity index (χ1n) is 8.59. The molecule has 0 radical (unpaired) electrons. The lowest BCUT2D eigenvalue weighted by atomic mass is 10.1. The van der Waals surface area contributed by atoms with Gasteiger partial charge in [-0.2, -0.15) is 0 Å². The van der Waals surface area contributed by atoms with Crippen LogP contribution in [0.1, 0.15) is 36.6 Å². The summed E-state index contributed by atoms with van der Waals surface area (Å²) in [5, 5.41) is 7.10. The third-order valence-corrected chi connectivity index (χ3v) is 4.51. The molecule has 1 aliphatic heterocycles. The third kappa shape index (κ3) is 3.70. The van der Waals surface area contributed by atoms with Crippen LogP contribution in [0.2, 0.25) is 0 Å². The van der Waals surface area contributed by atoms with E-state index < -0.39 is 0 Å². The van der Waals surface area contributed by atoms with Gasteiger partial charge < -0.3 is 10.6 Å². The third-order valence-electron chi connectivity index (χ3n) is 4.51. The van der Waals surface area contributed by atoms with Crippen molar-refractivity contribution < 1.29 is 0 Å². The Kier molecular flexibility index (Phi) is 4.91. The number of aromatic nitrogens is 2. The van der Waals surface area contributed by atoms with Crippen LogP contribution in [0.5, 0.6) is 0 Å². The maximum absolute atomic E-state index is 4.85. The van der Waals surface area contributed by atoms with Gasteiger partial charge in [-0.3, -0.25) is 0 Å². The summed E-state index contributed by atoms with van der Waals surface area (Å²) in [6.07, 6.45) is 3.36. The zero-order valence-corrected chi connectivity index (χ0v) is 14.3. The molecule has 4 nitrogen and oxygen atoms in total. The van der Waals surface area contributed by atoms with E-state index in [9.17, 15) is 0 Å². The standard InChI is InChI=1S/C19H26N4/c1-4-17-14(3)21-18(15-9-7-13(2)8-10-15)23-19(17)22-16-6-5-11-20-12-16/h7-10,16,20H,4-6,11-12H2,1-3H3,(H,21,22,23). The van der Waals surface area contributed by atoms with Crippen molar-refractivity contribution in [3.63, 3.8) is 0 Å². The topological polar surface area (TPSA) is 49.8 Å². The molecular weight excluding hydrogens is 284 g/mol. The van der Waals surface area contributed by atoms with E-state index in [0.717, 1.165) is 42.4 Å². The normalized spacial score (nSPS) is 18.0. The Labute approximate surface area is 138 Å². The zero-order valence-electron chi connectivity index (χ0n) is 14.3. The Morgan fingerprint density at radius 3 is 2.61 bits per heavy atom. The molecule has 1 fully saturated rings. The van der Waals surface area contributed by atoms with E-state index in [0.29, 0.717) is 6.04 Å². The number of nitrogens with one attached hydrogen (secondary N) is 2. The molecule has 2 N–H and O–H groups in total. The highest BCUT2D eigenvalue weighted by molar-refractivity contribution is 5.60. The Morgan fingerprint density at radius 2 is 1.96 bits per heavy atom. The van der Waals surface area contributed by atoms with Gasteiger partial charge in [-0.15, -0.1) is 0 Å². The zero-order chi connectivity index (χ0) is 16.2. The number of rotatable bonds is 4. The SMILES string of the molecule is CCc1c(C)nc(-c2ccc(C)cc2)nc1NC1CCCNC1.